The average Bonchev–Trinajstić information content (AvgIpc) is 2.13. The molecule has 1 aromatic carbocycles. The standard InChI is InChI=1S/C13H19NO3/c1-13(2,3)14-7-10-8(5-12(14)17)4-9(15)6-11(10)16/h4,6,12,15-17H,5,7H2,1-3H3. The van der Waals surface area contributed by atoms with E-state index in [1.54, 1.807) is 6.07 Å². The summed E-state index contributed by atoms with van der Waals surface area (Å²) in [6, 6.07) is 2.95. The van der Waals surface area contributed by atoms with E-state index >= 15 is 0 Å². The molecule has 1 unspecified atom stereocenters. The highest BCUT2D eigenvalue weighted by Gasteiger charge is 2.33. The van der Waals surface area contributed by atoms with Crippen LogP contribution in [0.3, 0.4) is 0 Å². The number of aliphatic hydroxyl groups excluding tert-OH is 1. The maximum Gasteiger partial charge on any atom is 0.124 e. The number of phenols is 2. The Hall–Kier alpha value is -1.26. The summed E-state index contributed by atoms with van der Waals surface area (Å²) in [5.41, 5.74) is 1.44. The molecular weight excluding hydrogens is 218 g/mol. The van der Waals surface area contributed by atoms with Gasteiger partial charge in [-0.25, -0.2) is 0 Å². The normalized spacial score (nSPS) is 21.3. The first-order valence-electron chi connectivity index (χ1n) is 5.77. The third kappa shape index (κ3) is 2.23. The van der Waals surface area contributed by atoms with Crippen LogP contribution in [-0.2, 0) is 13.0 Å². The predicted molar refractivity (Wildman–Crippen MR) is 64.8 cm³/mol. The summed E-state index contributed by atoms with van der Waals surface area (Å²) in [5.74, 6) is 0.138. The molecular formula is C13H19NO3. The van der Waals surface area contributed by atoms with Crippen molar-refractivity contribution in [3.8, 4) is 11.5 Å². The number of aliphatic hydroxyl groups is 1. The van der Waals surface area contributed by atoms with Gasteiger partial charge in [0.2, 0.25) is 0 Å². The lowest BCUT2D eigenvalue weighted by atomic mass is 9.93. The maximum atomic E-state index is 10.1. The fourth-order valence-electron chi connectivity index (χ4n) is 2.33. The zero-order valence-electron chi connectivity index (χ0n) is 10.4. The first kappa shape index (κ1) is 12.2. The third-order valence-corrected chi connectivity index (χ3v) is 3.26. The van der Waals surface area contributed by atoms with E-state index in [2.05, 4.69) is 0 Å². The number of fused-ring (bicyclic) bond motifs is 1. The van der Waals surface area contributed by atoms with Crippen LogP contribution in [0.4, 0.5) is 0 Å². The van der Waals surface area contributed by atoms with E-state index in [-0.39, 0.29) is 17.0 Å². The molecule has 0 aliphatic carbocycles. The number of aromatic hydroxyl groups is 2. The summed E-state index contributed by atoms with van der Waals surface area (Å²) >= 11 is 0. The Morgan fingerprint density at radius 3 is 2.47 bits per heavy atom. The topological polar surface area (TPSA) is 63.9 Å². The fraction of sp³-hybridized carbons (Fsp3) is 0.538. The van der Waals surface area contributed by atoms with Gasteiger partial charge in [0, 0.05) is 30.1 Å². The average molecular weight is 237 g/mol. The van der Waals surface area contributed by atoms with Crippen molar-refractivity contribution in [1.29, 1.82) is 0 Å². The molecule has 1 aliphatic rings. The molecule has 94 valence electrons. The Balaban J connectivity index is 2.41. The van der Waals surface area contributed by atoms with E-state index in [1.165, 1.54) is 6.07 Å². The van der Waals surface area contributed by atoms with Crippen molar-refractivity contribution in [2.24, 2.45) is 0 Å². The molecule has 1 aliphatic heterocycles. The van der Waals surface area contributed by atoms with Crippen LogP contribution >= 0.6 is 0 Å². The lowest BCUT2D eigenvalue weighted by molar-refractivity contribution is -0.0642. The first-order chi connectivity index (χ1) is 7.79. The molecule has 1 aromatic rings. The molecule has 2 rings (SSSR count). The van der Waals surface area contributed by atoms with Crippen LogP contribution in [0.5, 0.6) is 11.5 Å². The number of rotatable bonds is 0. The Labute approximate surface area is 101 Å². The van der Waals surface area contributed by atoms with Crippen molar-refractivity contribution in [3.05, 3.63) is 23.3 Å². The molecule has 4 nitrogen and oxygen atoms in total. The Kier molecular flexibility index (Phi) is 2.79. The summed E-state index contributed by atoms with van der Waals surface area (Å²) < 4.78 is 0. The molecule has 1 atom stereocenters. The van der Waals surface area contributed by atoms with Crippen LogP contribution in [0.2, 0.25) is 0 Å². The highest BCUT2D eigenvalue weighted by atomic mass is 16.3. The zero-order chi connectivity index (χ0) is 12.8. The van der Waals surface area contributed by atoms with E-state index in [0.29, 0.717) is 13.0 Å². The molecule has 0 spiro atoms. The van der Waals surface area contributed by atoms with Gasteiger partial charge in [-0.1, -0.05) is 0 Å². The van der Waals surface area contributed by atoms with Gasteiger partial charge < -0.3 is 15.3 Å². The molecule has 1 heterocycles. The second-order valence-corrected chi connectivity index (χ2v) is 5.59. The molecule has 0 saturated heterocycles. The van der Waals surface area contributed by atoms with Crippen molar-refractivity contribution in [2.75, 3.05) is 0 Å². The molecule has 17 heavy (non-hydrogen) atoms. The molecule has 0 bridgehead atoms. The Morgan fingerprint density at radius 2 is 1.88 bits per heavy atom. The van der Waals surface area contributed by atoms with Crippen LogP contribution in [0.1, 0.15) is 31.9 Å². The minimum atomic E-state index is -0.580. The molecule has 4 heteroatoms. The van der Waals surface area contributed by atoms with E-state index < -0.39 is 6.23 Å². The summed E-state index contributed by atoms with van der Waals surface area (Å²) in [6.45, 7) is 6.57. The van der Waals surface area contributed by atoms with Gasteiger partial charge in [0.15, 0.2) is 0 Å². The highest BCUT2D eigenvalue weighted by Crippen LogP contribution is 2.35. The van der Waals surface area contributed by atoms with E-state index in [4.69, 9.17) is 0 Å². The van der Waals surface area contributed by atoms with Crippen LogP contribution in [0.25, 0.3) is 0 Å². The fourth-order valence-corrected chi connectivity index (χ4v) is 2.33. The SMILES string of the molecule is CC(C)(C)N1Cc2c(O)cc(O)cc2CC1O. The quantitative estimate of drug-likeness (QED) is 0.641. The molecule has 0 aromatic heterocycles. The van der Waals surface area contributed by atoms with Gasteiger partial charge in [-0.2, -0.15) is 0 Å². The Bertz CT molecular complexity index is 437. The van der Waals surface area contributed by atoms with Gasteiger partial charge in [0.05, 0.1) is 0 Å². The highest BCUT2D eigenvalue weighted by molar-refractivity contribution is 5.46. The number of benzene rings is 1. The largest absolute Gasteiger partial charge is 0.508 e. The van der Waals surface area contributed by atoms with Crippen LogP contribution in [0.15, 0.2) is 12.1 Å². The third-order valence-electron chi connectivity index (χ3n) is 3.26. The number of phenolic OH excluding ortho intramolecular Hbond substituents is 2. The van der Waals surface area contributed by atoms with Crippen molar-refractivity contribution in [1.82, 2.24) is 4.90 Å². The van der Waals surface area contributed by atoms with Crippen molar-refractivity contribution in [2.45, 2.75) is 45.5 Å². The van der Waals surface area contributed by atoms with Crippen LogP contribution in [-0.4, -0.2) is 32.0 Å². The maximum absolute atomic E-state index is 10.1. The lowest BCUT2D eigenvalue weighted by Gasteiger charge is -2.42. The van der Waals surface area contributed by atoms with Crippen molar-refractivity contribution < 1.29 is 15.3 Å². The minimum absolute atomic E-state index is 0.0395. The molecule has 0 radical (unpaired) electrons. The van der Waals surface area contributed by atoms with E-state index in [0.717, 1.165) is 11.1 Å². The van der Waals surface area contributed by atoms with Gasteiger partial charge >= 0.3 is 0 Å². The van der Waals surface area contributed by atoms with E-state index in [1.807, 2.05) is 25.7 Å². The molecule has 3 N–H and O–H groups in total. The molecule has 0 fully saturated rings. The summed E-state index contributed by atoms with van der Waals surface area (Å²) in [6.07, 6.45) is -0.155. The molecule has 0 saturated carbocycles. The van der Waals surface area contributed by atoms with Gasteiger partial charge in [-0.3, -0.25) is 4.90 Å². The van der Waals surface area contributed by atoms with Crippen molar-refractivity contribution in [3.63, 3.8) is 0 Å². The van der Waals surface area contributed by atoms with Gasteiger partial charge in [0.25, 0.3) is 0 Å². The van der Waals surface area contributed by atoms with Crippen LogP contribution < -0.4 is 0 Å². The van der Waals surface area contributed by atoms with E-state index in [9.17, 15) is 15.3 Å². The summed E-state index contributed by atoms with van der Waals surface area (Å²) in [5, 5.41) is 29.4. The number of nitrogens with zero attached hydrogens (tertiary/aromatic N) is 1. The Morgan fingerprint density at radius 1 is 1.24 bits per heavy atom. The minimum Gasteiger partial charge on any atom is -0.508 e. The smallest absolute Gasteiger partial charge is 0.124 e. The van der Waals surface area contributed by atoms with Crippen LogP contribution in [0, 0.1) is 0 Å². The second kappa shape index (κ2) is 3.89. The lowest BCUT2D eigenvalue weighted by Crippen LogP contribution is -2.50. The zero-order valence-corrected chi connectivity index (χ0v) is 10.4. The predicted octanol–water partition coefficient (Wildman–Crippen LogP) is 1.57. The summed E-state index contributed by atoms with van der Waals surface area (Å²) in [4.78, 5) is 1.94. The van der Waals surface area contributed by atoms with Gasteiger partial charge in [0.1, 0.15) is 17.7 Å². The summed E-state index contributed by atoms with van der Waals surface area (Å²) in [7, 11) is 0. The first-order valence-corrected chi connectivity index (χ1v) is 5.77. The molecule has 0 amide bonds. The number of hydrogen-bond acceptors (Lipinski definition) is 4. The second-order valence-electron chi connectivity index (χ2n) is 5.59. The van der Waals surface area contributed by atoms with Gasteiger partial charge in [-0.15, -0.1) is 0 Å². The monoisotopic (exact) mass is 237 g/mol. The van der Waals surface area contributed by atoms with Gasteiger partial charge in [-0.05, 0) is 32.4 Å². The van der Waals surface area contributed by atoms with Crippen molar-refractivity contribution >= 4 is 0 Å². The number of hydrogen-bond donors (Lipinski definition) is 3.